The minimum absolute atomic E-state index is 0.341. The quantitative estimate of drug-likeness (QED) is 0.541. The van der Waals surface area contributed by atoms with Gasteiger partial charge in [-0.05, 0) is 23.3 Å². The molecule has 0 saturated heterocycles. The summed E-state index contributed by atoms with van der Waals surface area (Å²) in [5.41, 5.74) is 2.75. The minimum Gasteiger partial charge on any atom is -0.283 e. The average molecular weight is 394 g/mol. The fourth-order valence-corrected chi connectivity index (χ4v) is 4.10. The zero-order valence-electron chi connectivity index (χ0n) is 14.6. The summed E-state index contributed by atoms with van der Waals surface area (Å²) in [6.45, 7) is 0. The molecule has 0 aliphatic rings. The van der Waals surface area contributed by atoms with Crippen LogP contribution in [0.4, 0.5) is 4.79 Å². The molecule has 0 bridgehead atoms. The second kappa shape index (κ2) is 10.00. The molecule has 5 heteroatoms. The normalized spacial score (nSPS) is 10.4. The van der Waals surface area contributed by atoms with Gasteiger partial charge < -0.3 is 0 Å². The van der Waals surface area contributed by atoms with Gasteiger partial charge in [0.05, 0.1) is 5.56 Å². The minimum atomic E-state index is -0.364. The Morgan fingerprint density at radius 1 is 0.704 bits per heavy atom. The van der Waals surface area contributed by atoms with Crippen molar-refractivity contribution in [3.63, 3.8) is 0 Å². The fourth-order valence-electron chi connectivity index (χ4n) is 2.43. The molecule has 0 fully saturated rings. The van der Waals surface area contributed by atoms with Crippen LogP contribution in [0.25, 0.3) is 0 Å². The summed E-state index contributed by atoms with van der Waals surface area (Å²) in [6.07, 6.45) is 0. The van der Waals surface area contributed by atoms with Crippen LogP contribution in [0.1, 0.15) is 21.5 Å². The number of amides is 2. The number of carbonyl (C=O) groups is 2. The number of benzene rings is 3. The van der Waals surface area contributed by atoms with E-state index in [9.17, 15) is 9.59 Å². The Morgan fingerprint density at radius 2 is 1.26 bits per heavy atom. The van der Waals surface area contributed by atoms with E-state index in [-0.39, 0.29) is 11.1 Å². The maximum atomic E-state index is 12.5. The summed E-state index contributed by atoms with van der Waals surface area (Å²) in [6, 6.07) is 27.2. The Balaban J connectivity index is 1.58. The second-order valence-electron chi connectivity index (χ2n) is 5.79. The number of nitrogens with one attached hydrogen (secondary N) is 1. The molecule has 0 saturated carbocycles. The van der Waals surface area contributed by atoms with E-state index in [1.165, 1.54) is 5.56 Å². The van der Waals surface area contributed by atoms with Crippen molar-refractivity contribution in [3.8, 4) is 0 Å². The number of thioether (sulfide) groups is 2. The molecule has 136 valence electrons. The van der Waals surface area contributed by atoms with E-state index in [0.29, 0.717) is 11.3 Å². The van der Waals surface area contributed by atoms with Crippen molar-refractivity contribution < 1.29 is 9.59 Å². The third-order valence-electron chi connectivity index (χ3n) is 3.80. The Kier molecular flexibility index (Phi) is 7.13. The van der Waals surface area contributed by atoms with Crippen LogP contribution in [-0.2, 0) is 11.5 Å². The van der Waals surface area contributed by atoms with Crippen LogP contribution >= 0.6 is 23.5 Å². The van der Waals surface area contributed by atoms with Crippen molar-refractivity contribution in [3.05, 3.63) is 102 Å². The van der Waals surface area contributed by atoms with Crippen molar-refractivity contribution in [2.24, 2.45) is 0 Å². The van der Waals surface area contributed by atoms with E-state index < -0.39 is 0 Å². The van der Waals surface area contributed by atoms with Crippen LogP contribution in [0.2, 0.25) is 0 Å². The summed E-state index contributed by atoms with van der Waals surface area (Å²) >= 11 is 2.68. The molecule has 3 rings (SSSR count). The molecule has 0 aliphatic carbocycles. The van der Waals surface area contributed by atoms with Crippen molar-refractivity contribution in [2.45, 2.75) is 16.4 Å². The van der Waals surface area contributed by atoms with Gasteiger partial charge in [0.25, 0.3) is 11.1 Å². The van der Waals surface area contributed by atoms with Gasteiger partial charge in [0.15, 0.2) is 0 Å². The number of hydrogen-bond acceptors (Lipinski definition) is 4. The number of hydrogen-bond donors (Lipinski definition) is 1. The molecule has 27 heavy (non-hydrogen) atoms. The highest BCUT2D eigenvalue weighted by Crippen LogP contribution is 2.26. The van der Waals surface area contributed by atoms with Gasteiger partial charge >= 0.3 is 0 Å². The molecule has 0 heterocycles. The van der Waals surface area contributed by atoms with Gasteiger partial charge in [-0.3, -0.25) is 14.9 Å². The maximum absolute atomic E-state index is 12.5. The van der Waals surface area contributed by atoms with E-state index >= 15 is 0 Å². The lowest BCUT2D eigenvalue weighted by Crippen LogP contribution is -2.27. The predicted octanol–water partition coefficient (Wildman–Crippen LogP) is 5.76. The van der Waals surface area contributed by atoms with Gasteiger partial charge in [-0.2, -0.15) is 0 Å². The van der Waals surface area contributed by atoms with Crippen LogP contribution in [0.3, 0.4) is 0 Å². The Morgan fingerprint density at radius 3 is 1.93 bits per heavy atom. The third-order valence-corrected chi connectivity index (χ3v) is 5.78. The maximum Gasteiger partial charge on any atom is 0.286 e. The fraction of sp³-hybridized carbons (Fsp3) is 0.0909. The third kappa shape index (κ3) is 6.01. The lowest BCUT2D eigenvalue weighted by atomic mass is 10.2. The monoisotopic (exact) mass is 393 g/mol. The van der Waals surface area contributed by atoms with E-state index in [4.69, 9.17) is 0 Å². The van der Waals surface area contributed by atoms with Crippen molar-refractivity contribution in [2.75, 3.05) is 0 Å². The van der Waals surface area contributed by atoms with Crippen LogP contribution in [-0.4, -0.2) is 11.1 Å². The van der Waals surface area contributed by atoms with Crippen molar-refractivity contribution in [1.29, 1.82) is 0 Å². The van der Waals surface area contributed by atoms with E-state index in [2.05, 4.69) is 17.4 Å². The molecule has 0 atom stereocenters. The van der Waals surface area contributed by atoms with Crippen LogP contribution in [0, 0.1) is 0 Å². The number of rotatable bonds is 6. The predicted molar refractivity (Wildman–Crippen MR) is 113 cm³/mol. The number of carbonyl (C=O) groups excluding carboxylic acids is 2. The summed E-state index contributed by atoms with van der Waals surface area (Å²) in [4.78, 5) is 25.5. The largest absolute Gasteiger partial charge is 0.286 e. The molecule has 3 nitrogen and oxygen atoms in total. The zero-order chi connectivity index (χ0) is 18.9. The lowest BCUT2D eigenvalue weighted by molar-refractivity contribution is 0.0966. The molecule has 3 aromatic carbocycles. The molecule has 0 spiro atoms. The molecule has 0 aromatic heterocycles. The molecule has 0 aliphatic heterocycles. The first-order valence-corrected chi connectivity index (χ1v) is 10.5. The van der Waals surface area contributed by atoms with Gasteiger partial charge in [-0.25, -0.2) is 0 Å². The van der Waals surface area contributed by atoms with Crippen LogP contribution in [0.15, 0.2) is 89.8 Å². The topological polar surface area (TPSA) is 46.2 Å². The Bertz CT molecular complexity index is 898. The Hall–Kier alpha value is -2.50. The smallest absolute Gasteiger partial charge is 0.283 e. The van der Waals surface area contributed by atoms with Gasteiger partial charge in [0.2, 0.25) is 0 Å². The SMILES string of the molecule is O=C(NC(=O)c1ccccc1SCc1ccccc1)SCc1ccccc1. The van der Waals surface area contributed by atoms with Gasteiger partial charge in [-0.1, -0.05) is 84.6 Å². The molecule has 1 N–H and O–H groups in total. The van der Waals surface area contributed by atoms with E-state index in [0.717, 1.165) is 28.0 Å². The first-order valence-electron chi connectivity index (χ1n) is 8.50. The molecule has 3 aromatic rings. The molecule has 2 amide bonds. The summed E-state index contributed by atoms with van der Waals surface area (Å²) in [5.74, 6) is 0.934. The van der Waals surface area contributed by atoms with Crippen molar-refractivity contribution >= 4 is 34.7 Å². The molecule has 0 unspecified atom stereocenters. The van der Waals surface area contributed by atoms with Crippen molar-refractivity contribution in [1.82, 2.24) is 5.32 Å². The van der Waals surface area contributed by atoms with E-state index in [1.54, 1.807) is 17.8 Å². The molecule has 0 radical (unpaired) electrons. The highest BCUT2D eigenvalue weighted by molar-refractivity contribution is 8.12. The standard InChI is InChI=1S/C22H19NO2S2/c24-21(23-22(25)27-16-18-11-5-2-6-12-18)19-13-7-8-14-20(19)26-15-17-9-3-1-4-10-17/h1-14H,15-16H2,(H,23,24,25). The van der Waals surface area contributed by atoms with Crippen LogP contribution in [0.5, 0.6) is 0 Å². The van der Waals surface area contributed by atoms with Crippen LogP contribution < -0.4 is 5.32 Å². The van der Waals surface area contributed by atoms with E-state index in [1.807, 2.05) is 66.7 Å². The summed E-state index contributed by atoms with van der Waals surface area (Å²) < 4.78 is 0. The van der Waals surface area contributed by atoms with Gasteiger partial charge in [-0.15, -0.1) is 11.8 Å². The van der Waals surface area contributed by atoms with Gasteiger partial charge in [0, 0.05) is 16.4 Å². The summed E-state index contributed by atoms with van der Waals surface area (Å²) in [7, 11) is 0. The Labute approximate surface area is 167 Å². The highest BCUT2D eigenvalue weighted by Gasteiger charge is 2.15. The average Bonchev–Trinajstić information content (AvgIpc) is 2.72. The first kappa shape index (κ1) is 19.3. The number of imide groups is 1. The lowest BCUT2D eigenvalue weighted by Gasteiger charge is -2.09. The molecular weight excluding hydrogens is 374 g/mol. The summed E-state index contributed by atoms with van der Waals surface area (Å²) in [5, 5.41) is 2.14. The second-order valence-corrected chi connectivity index (χ2v) is 7.75. The zero-order valence-corrected chi connectivity index (χ0v) is 16.3. The highest BCUT2D eigenvalue weighted by atomic mass is 32.2. The first-order chi connectivity index (χ1) is 13.2. The van der Waals surface area contributed by atoms with Gasteiger partial charge in [0.1, 0.15) is 0 Å². The molecular formula is C22H19NO2S2.